The summed E-state index contributed by atoms with van der Waals surface area (Å²) in [5, 5.41) is 15.1. The van der Waals surface area contributed by atoms with Crippen molar-refractivity contribution in [1.29, 1.82) is 0 Å². The summed E-state index contributed by atoms with van der Waals surface area (Å²) in [6, 6.07) is 12.4. The fourth-order valence-corrected chi connectivity index (χ4v) is 3.77. The molecule has 0 spiro atoms. The van der Waals surface area contributed by atoms with E-state index in [4.69, 9.17) is 23.2 Å². The molecule has 0 aliphatic heterocycles. The van der Waals surface area contributed by atoms with Gasteiger partial charge in [-0.15, -0.1) is 10.2 Å². The third kappa shape index (κ3) is 5.75. The van der Waals surface area contributed by atoms with E-state index in [1.54, 1.807) is 29.8 Å². The molecule has 0 unspecified atom stereocenters. The summed E-state index contributed by atoms with van der Waals surface area (Å²) in [5.41, 5.74) is 2.22. The molecule has 3 rings (SSSR count). The van der Waals surface area contributed by atoms with E-state index in [1.807, 2.05) is 31.2 Å². The summed E-state index contributed by atoms with van der Waals surface area (Å²) in [5.74, 6) is 0.183. The van der Waals surface area contributed by atoms with Crippen LogP contribution in [-0.2, 0) is 23.1 Å². The Labute approximate surface area is 188 Å². The average molecular weight is 464 g/mol. The number of nitrogens with one attached hydrogen (secondary N) is 2. The smallest absolute Gasteiger partial charge is 0.234 e. The molecule has 0 saturated carbocycles. The zero-order valence-corrected chi connectivity index (χ0v) is 18.6. The maximum Gasteiger partial charge on any atom is 0.234 e. The Morgan fingerprint density at radius 1 is 1.03 bits per heavy atom. The Morgan fingerprint density at radius 3 is 2.50 bits per heavy atom. The first-order chi connectivity index (χ1) is 14.3. The van der Waals surface area contributed by atoms with Crippen molar-refractivity contribution in [1.82, 2.24) is 14.8 Å². The number of amides is 2. The zero-order chi connectivity index (χ0) is 21.7. The number of carbonyl (C=O) groups is 2. The summed E-state index contributed by atoms with van der Waals surface area (Å²) < 4.78 is 1.70. The number of benzene rings is 2. The van der Waals surface area contributed by atoms with Crippen molar-refractivity contribution < 1.29 is 9.59 Å². The van der Waals surface area contributed by atoms with E-state index in [2.05, 4.69) is 20.8 Å². The number of hydrogen-bond donors (Lipinski definition) is 2. The monoisotopic (exact) mass is 463 g/mol. The van der Waals surface area contributed by atoms with E-state index in [9.17, 15) is 9.59 Å². The molecule has 0 fully saturated rings. The van der Waals surface area contributed by atoms with Crippen molar-refractivity contribution in [2.24, 2.45) is 7.05 Å². The van der Waals surface area contributed by atoms with Crippen LogP contribution in [-0.4, -0.2) is 32.3 Å². The van der Waals surface area contributed by atoms with Crippen LogP contribution in [0.2, 0.25) is 10.0 Å². The first kappa shape index (κ1) is 22.1. The summed E-state index contributed by atoms with van der Waals surface area (Å²) >= 11 is 13.1. The maximum absolute atomic E-state index is 12.3. The van der Waals surface area contributed by atoms with Crippen LogP contribution in [0.4, 0.5) is 11.4 Å². The third-order valence-electron chi connectivity index (χ3n) is 4.20. The van der Waals surface area contributed by atoms with Crippen molar-refractivity contribution in [2.45, 2.75) is 18.5 Å². The van der Waals surface area contributed by atoms with Gasteiger partial charge in [0.15, 0.2) is 5.16 Å². The predicted molar refractivity (Wildman–Crippen MR) is 120 cm³/mol. The van der Waals surface area contributed by atoms with Crippen LogP contribution < -0.4 is 10.6 Å². The quantitative estimate of drug-likeness (QED) is 0.508. The van der Waals surface area contributed by atoms with E-state index in [1.165, 1.54) is 11.8 Å². The minimum Gasteiger partial charge on any atom is -0.325 e. The van der Waals surface area contributed by atoms with Gasteiger partial charge in [-0.1, -0.05) is 53.2 Å². The second-order valence-electron chi connectivity index (χ2n) is 6.46. The number of halogens is 2. The van der Waals surface area contributed by atoms with Crippen molar-refractivity contribution in [2.75, 3.05) is 16.4 Å². The highest BCUT2D eigenvalue weighted by molar-refractivity contribution is 7.99. The minimum atomic E-state index is -0.244. The lowest BCUT2D eigenvalue weighted by Crippen LogP contribution is -2.18. The normalized spacial score (nSPS) is 10.7. The van der Waals surface area contributed by atoms with Crippen molar-refractivity contribution in [3.8, 4) is 0 Å². The van der Waals surface area contributed by atoms with Gasteiger partial charge in [-0.25, -0.2) is 0 Å². The first-order valence-corrected chi connectivity index (χ1v) is 10.7. The number of nitrogens with zero attached hydrogens (tertiary/aromatic N) is 3. The van der Waals surface area contributed by atoms with Crippen LogP contribution in [0.5, 0.6) is 0 Å². The summed E-state index contributed by atoms with van der Waals surface area (Å²) in [6.45, 7) is 1.93. The highest BCUT2D eigenvalue weighted by atomic mass is 35.5. The second kappa shape index (κ2) is 9.97. The molecule has 2 amide bonds. The molecule has 0 aliphatic carbocycles. The van der Waals surface area contributed by atoms with E-state index in [-0.39, 0.29) is 24.0 Å². The van der Waals surface area contributed by atoms with Crippen LogP contribution in [0.25, 0.3) is 0 Å². The number of carbonyl (C=O) groups excluding carboxylic acids is 2. The fourth-order valence-electron chi connectivity index (χ4n) is 2.58. The Morgan fingerprint density at radius 2 is 1.77 bits per heavy atom. The van der Waals surface area contributed by atoms with E-state index in [0.29, 0.717) is 26.7 Å². The molecule has 2 aromatic carbocycles. The topological polar surface area (TPSA) is 88.9 Å². The van der Waals surface area contributed by atoms with Gasteiger partial charge in [-0.2, -0.15) is 0 Å². The van der Waals surface area contributed by atoms with Crippen LogP contribution in [0.3, 0.4) is 0 Å². The molecule has 10 heteroatoms. The molecule has 7 nitrogen and oxygen atoms in total. The van der Waals surface area contributed by atoms with Crippen LogP contribution in [0.15, 0.2) is 47.6 Å². The van der Waals surface area contributed by atoms with Gasteiger partial charge in [0.2, 0.25) is 11.8 Å². The molecule has 0 bridgehead atoms. The molecule has 30 heavy (non-hydrogen) atoms. The van der Waals surface area contributed by atoms with Crippen molar-refractivity contribution >= 4 is 58.2 Å². The lowest BCUT2D eigenvalue weighted by molar-refractivity contribution is -0.116. The van der Waals surface area contributed by atoms with Gasteiger partial charge in [0, 0.05) is 17.8 Å². The van der Waals surface area contributed by atoms with Gasteiger partial charge < -0.3 is 15.2 Å². The summed E-state index contributed by atoms with van der Waals surface area (Å²) in [7, 11) is 1.76. The van der Waals surface area contributed by atoms with Gasteiger partial charge in [-0.3, -0.25) is 9.59 Å². The first-order valence-electron chi connectivity index (χ1n) is 8.95. The van der Waals surface area contributed by atoms with Crippen LogP contribution >= 0.6 is 35.0 Å². The summed E-state index contributed by atoms with van der Waals surface area (Å²) in [6.07, 6.45) is 0.0744. The fraction of sp³-hybridized carbons (Fsp3) is 0.200. The van der Waals surface area contributed by atoms with Gasteiger partial charge in [-0.05, 0) is 36.8 Å². The average Bonchev–Trinajstić information content (AvgIpc) is 3.04. The Kier molecular flexibility index (Phi) is 7.36. The number of aryl methyl sites for hydroxylation is 1. The van der Waals surface area contributed by atoms with E-state index < -0.39 is 0 Å². The number of anilines is 2. The highest BCUT2D eigenvalue weighted by Crippen LogP contribution is 2.26. The SMILES string of the molecule is Cc1ccccc1NC(=O)Cc1nnc(SCC(=O)Nc2ccc(Cl)cc2Cl)n1C. The molecule has 3 aromatic rings. The van der Waals surface area contributed by atoms with Crippen LogP contribution in [0, 0.1) is 6.92 Å². The number of para-hydroxylation sites is 1. The zero-order valence-electron chi connectivity index (χ0n) is 16.3. The minimum absolute atomic E-state index is 0.0744. The number of rotatable bonds is 7. The lowest BCUT2D eigenvalue weighted by Gasteiger charge is -2.08. The predicted octanol–water partition coefficient (Wildman–Crippen LogP) is 4.34. The van der Waals surface area contributed by atoms with E-state index in [0.717, 1.165) is 11.3 Å². The van der Waals surface area contributed by atoms with E-state index >= 15 is 0 Å². The Bertz CT molecular complexity index is 1090. The second-order valence-corrected chi connectivity index (χ2v) is 8.24. The molecule has 0 saturated heterocycles. The van der Waals surface area contributed by atoms with Gasteiger partial charge in [0.1, 0.15) is 5.82 Å². The van der Waals surface area contributed by atoms with Crippen molar-refractivity contribution in [3.05, 3.63) is 63.9 Å². The van der Waals surface area contributed by atoms with Gasteiger partial charge >= 0.3 is 0 Å². The number of hydrogen-bond acceptors (Lipinski definition) is 5. The van der Waals surface area contributed by atoms with Gasteiger partial charge in [0.05, 0.1) is 22.9 Å². The molecule has 0 radical (unpaired) electrons. The lowest BCUT2D eigenvalue weighted by atomic mass is 10.2. The molecular formula is C20H19Cl2N5O2S. The van der Waals surface area contributed by atoms with Crippen molar-refractivity contribution in [3.63, 3.8) is 0 Å². The molecule has 1 heterocycles. The number of thioether (sulfide) groups is 1. The molecule has 1 aromatic heterocycles. The molecule has 0 aliphatic rings. The summed E-state index contributed by atoms with van der Waals surface area (Å²) in [4.78, 5) is 24.5. The largest absolute Gasteiger partial charge is 0.325 e. The maximum atomic E-state index is 12.3. The molecule has 2 N–H and O–H groups in total. The number of aromatic nitrogens is 3. The standard InChI is InChI=1S/C20H19Cl2N5O2S/c1-12-5-3-4-6-15(12)23-18(28)10-17-25-26-20(27(17)2)30-11-19(29)24-16-8-7-13(21)9-14(16)22/h3-9H,10-11H2,1-2H3,(H,23,28)(H,24,29). The Balaban J connectivity index is 1.55. The van der Waals surface area contributed by atoms with Gasteiger partial charge in [0.25, 0.3) is 0 Å². The highest BCUT2D eigenvalue weighted by Gasteiger charge is 2.15. The molecule has 0 atom stereocenters. The van der Waals surface area contributed by atoms with Crippen LogP contribution in [0.1, 0.15) is 11.4 Å². The molecular weight excluding hydrogens is 445 g/mol. The Hall–Kier alpha value is -2.55. The third-order valence-corrected chi connectivity index (χ3v) is 5.77. The molecule has 156 valence electrons.